The molecule has 3 aromatic rings. The highest BCUT2D eigenvalue weighted by Gasteiger charge is 2.21. The second-order valence-electron chi connectivity index (χ2n) is 6.47. The zero-order valence-electron chi connectivity index (χ0n) is 13.8. The molecular formula is C18H21N5O. The quantitative estimate of drug-likeness (QED) is 0.739. The molecular weight excluding hydrogens is 302 g/mol. The summed E-state index contributed by atoms with van der Waals surface area (Å²) in [7, 11) is 2.17. The van der Waals surface area contributed by atoms with E-state index in [0.717, 1.165) is 24.3 Å². The number of hydrogen-bond acceptors (Lipinski definition) is 5. The van der Waals surface area contributed by atoms with Crippen LogP contribution in [0.15, 0.2) is 47.1 Å². The first-order valence-electron chi connectivity index (χ1n) is 8.40. The lowest BCUT2D eigenvalue weighted by Crippen LogP contribution is -2.33. The van der Waals surface area contributed by atoms with Gasteiger partial charge >= 0.3 is 0 Å². The standard InChI is InChI=1S/C18H21N5O/c1-22-10-5-6-14(13-22)12-17-19-18(21-24-17)16-9-11-23(20-16)15-7-3-2-4-8-15/h2-4,7-9,11,14H,5-6,10,12-13H2,1H3. The van der Waals surface area contributed by atoms with Crippen LogP contribution in [-0.4, -0.2) is 45.0 Å². The van der Waals surface area contributed by atoms with Crippen LogP contribution in [0, 0.1) is 5.92 Å². The van der Waals surface area contributed by atoms with Crippen molar-refractivity contribution in [3.05, 3.63) is 48.5 Å². The summed E-state index contributed by atoms with van der Waals surface area (Å²) in [5.74, 6) is 1.86. The van der Waals surface area contributed by atoms with Gasteiger partial charge < -0.3 is 9.42 Å². The maximum atomic E-state index is 5.44. The third-order valence-electron chi connectivity index (χ3n) is 4.49. The van der Waals surface area contributed by atoms with Crippen LogP contribution in [0.5, 0.6) is 0 Å². The molecule has 1 fully saturated rings. The van der Waals surface area contributed by atoms with Crippen molar-refractivity contribution in [3.63, 3.8) is 0 Å². The van der Waals surface area contributed by atoms with E-state index in [1.54, 1.807) is 0 Å². The summed E-state index contributed by atoms with van der Waals surface area (Å²) in [6.45, 7) is 2.28. The fourth-order valence-corrected chi connectivity index (χ4v) is 3.30. The van der Waals surface area contributed by atoms with Crippen LogP contribution >= 0.6 is 0 Å². The largest absolute Gasteiger partial charge is 0.339 e. The van der Waals surface area contributed by atoms with Gasteiger partial charge in [-0.2, -0.15) is 10.1 Å². The first-order valence-corrected chi connectivity index (χ1v) is 8.40. The molecule has 124 valence electrons. The summed E-state index contributed by atoms with van der Waals surface area (Å²) in [6.07, 6.45) is 5.22. The van der Waals surface area contributed by atoms with E-state index in [2.05, 4.69) is 27.2 Å². The van der Waals surface area contributed by atoms with E-state index < -0.39 is 0 Å². The Kier molecular flexibility index (Phi) is 4.13. The van der Waals surface area contributed by atoms with Crippen LogP contribution in [-0.2, 0) is 6.42 Å². The average molecular weight is 323 g/mol. The molecule has 0 aliphatic carbocycles. The number of hydrogen-bond donors (Lipinski definition) is 0. The minimum absolute atomic E-state index is 0.559. The lowest BCUT2D eigenvalue weighted by molar-refractivity contribution is 0.199. The molecule has 1 atom stereocenters. The van der Waals surface area contributed by atoms with Gasteiger partial charge in [0.05, 0.1) is 5.69 Å². The van der Waals surface area contributed by atoms with E-state index in [0.29, 0.717) is 17.6 Å². The summed E-state index contributed by atoms with van der Waals surface area (Å²) < 4.78 is 7.26. The Bertz CT molecular complexity index is 795. The van der Waals surface area contributed by atoms with Gasteiger partial charge in [0.2, 0.25) is 11.7 Å². The molecule has 0 spiro atoms. The molecule has 1 unspecified atom stereocenters. The van der Waals surface area contributed by atoms with Gasteiger partial charge in [0.1, 0.15) is 5.69 Å². The molecule has 0 saturated carbocycles. The van der Waals surface area contributed by atoms with Crippen molar-refractivity contribution in [3.8, 4) is 17.2 Å². The zero-order chi connectivity index (χ0) is 16.4. The molecule has 0 amide bonds. The fraction of sp³-hybridized carbons (Fsp3) is 0.389. The lowest BCUT2D eigenvalue weighted by atomic mass is 9.95. The minimum atomic E-state index is 0.559. The van der Waals surface area contributed by atoms with Crippen LogP contribution in [0.4, 0.5) is 0 Å². The number of nitrogens with zero attached hydrogens (tertiary/aromatic N) is 5. The number of piperidine rings is 1. The zero-order valence-corrected chi connectivity index (χ0v) is 13.8. The highest BCUT2D eigenvalue weighted by Crippen LogP contribution is 2.21. The molecule has 6 heteroatoms. The van der Waals surface area contributed by atoms with Gasteiger partial charge in [-0.15, -0.1) is 0 Å². The van der Waals surface area contributed by atoms with Crippen LogP contribution in [0.1, 0.15) is 18.7 Å². The second-order valence-corrected chi connectivity index (χ2v) is 6.47. The highest BCUT2D eigenvalue weighted by atomic mass is 16.5. The van der Waals surface area contributed by atoms with E-state index in [9.17, 15) is 0 Å². The Hall–Kier alpha value is -2.47. The van der Waals surface area contributed by atoms with Crippen molar-refractivity contribution in [2.24, 2.45) is 5.92 Å². The van der Waals surface area contributed by atoms with E-state index in [1.807, 2.05) is 47.3 Å². The van der Waals surface area contributed by atoms with E-state index in [1.165, 1.54) is 19.4 Å². The molecule has 4 rings (SSSR count). The van der Waals surface area contributed by atoms with Crippen LogP contribution in [0.2, 0.25) is 0 Å². The lowest BCUT2D eigenvalue weighted by Gasteiger charge is -2.28. The van der Waals surface area contributed by atoms with Gasteiger partial charge in [-0.25, -0.2) is 4.68 Å². The number of aromatic nitrogens is 4. The smallest absolute Gasteiger partial charge is 0.227 e. The van der Waals surface area contributed by atoms with Crippen LogP contribution < -0.4 is 0 Å². The number of para-hydroxylation sites is 1. The van der Waals surface area contributed by atoms with E-state index in [4.69, 9.17) is 4.52 Å². The van der Waals surface area contributed by atoms with Gasteiger partial charge in [0.15, 0.2) is 0 Å². The second kappa shape index (κ2) is 6.57. The molecule has 2 aromatic heterocycles. The maximum absolute atomic E-state index is 5.44. The van der Waals surface area contributed by atoms with Crippen molar-refractivity contribution in [1.82, 2.24) is 24.8 Å². The molecule has 1 saturated heterocycles. The molecule has 6 nitrogen and oxygen atoms in total. The minimum Gasteiger partial charge on any atom is -0.339 e. The Balaban J connectivity index is 1.48. The topological polar surface area (TPSA) is 60.0 Å². The van der Waals surface area contributed by atoms with Gasteiger partial charge in [-0.05, 0) is 50.6 Å². The third-order valence-corrected chi connectivity index (χ3v) is 4.49. The van der Waals surface area contributed by atoms with Crippen LogP contribution in [0.3, 0.4) is 0 Å². The Morgan fingerprint density at radius 1 is 1.21 bits per heavy atom. The molecule has 0 bridgehead atoms. The predicted octanol–water partition coefficient (Wildman–Crippen LogP) is 2.81. The third kappa shape index (κ3) is 3.23. The van der Waals surface area contributed by atoms with Crippen molar-refractivity contribution < 1.29 is 4.52 Å². The number of likely N-dealkylation sites (tertiary alicyclic amines) is 1. The van der Waals surface area contributed by atoms with Crippen LogP contribution in [0.25, 0.3) is 17.2 Å². The van der Waals surface area contributed by atoms with Crippen molar-refractivity contribution >= 4 is 0 Å². The average Bonchev–Trinajstić information content (AvgIpc) is 3.25. The first-order chi connectivity index (χ1) is 11.8. The molecule has 3 heterocycles. The van der Waals surface area contributed by atoms with Gasteiger partial charge in [0.25, 0.3) is 0 Å². The molecule has 24 heavy (non-hydrogen) atoms. The summed E-state index contributed by atoms with van der Waals surface area (Å²) in [4.78, 5) is 6.90. The molecule has 0 N–H and O–H groups in total. The molecule has 0 radical (unpaired) electrons. The summed E-state index contributed by atoms with van der Waals surface area (Å²) >= 11 is 0. The van der Waals surface area contributed by atoms with Crippen molar-refractivity contribution in [2.45, 2.75) is 19.3 Å². The SMILES string of the molecule is CN1CCCC(Cc2nc(-c3ccn(-c4ccccc4)n3)no2)C1. The summed E-state index contributed by atoms with van der Waals surface area (Å²) in [6, 6.07) is 11.9. The molecule has 1 aromatic carbocycles. The number of benzene rings is 1. The van der Waals surface area contributed by atoms with Gasteiger partial charge in [-0.3, -0.25) is 0 Å². The summed E-state index contributed by atoms with van der Waals surface area (Å²) in [5.41, 5.74) is 1.74. The van der Waals surface area contributed by atoms with Crippen molar-refractivity contribution in [1.29, 1.82) is 0 Å². The van der Waals surface area contributed by atoms with E-state index >= 15 is 0 Å². The van der Waals surface area contributed by atoms with Gasteiger partial charge in [0, 0.05) is 19.2 Å². The highest BCUT2D eigenvalue weighted by molar-refractivity contribution is 5.48. The van der Waals surface area contributed by atoms with Gasteiger partial charge in [-0.1, -0.05) is 23.4 Å². The monoisotopic (exact) mass is 323 g/mol. The Labute approximate surface area is 141 Å². The van der Waals surface area contributed by atoms with E-state index in [-0.39, 0.29) is 0 Å². The first kappa shape index (κ1) is 15.1. The number of rotatable bonds is 4. The fourth-order valence-electron chi connectivity index (χ4n) is 3.30. The predicted molar refractivity (Wildman–Crippen MR) is 90.8 cm³/mol. The maximum Gasteiger partial charge on any atom is 0.227 e. The Morgan fingerprint density at radius 2 is 2.08 bits per heavy atom. The molecule has 1 aliphatic rings. The van der Waals surface area contributed by atoms with Crippen molar-refractivity contribution in [2.75, 3.05) is 20.1 Å². The normalized spacial score (nSPS) is 18.8. The molecule has 1 aliphatic heterocycles. The summed E-state index contributed by atoms with van der Waals surface area (Å²) in [5, 5.41) is 8.65. The Morgan fingerprint density at radius 3 is 2.92 bits per heavy atom.